The van der Waals surface area contributed by atoms with Crippen molar-refractivity contribution >= 4 is 22.9 Å². The lowest BCUT2D eigenvalue weighted by atomic mass is 9.93. The summed E-state index contributed by atoms with van der Waals surface area (Å²) in [6, 6.07) is 1.91. The number of hydrogen-bond donors (Lipinski definition) is 1. The molecule has 0 saturated carbocycles. The summed E-state index contributed by atoms with van der Waals surface area (Å²) in [7, 11) is 0. The minimum atomic E-state index is -0.478. The van der Waals surface area contributed by atoms with Crippen LogP contribution in [0.3, 0.4) is 0 Å². The zero-order valence-electron chi connectivity index (χ0n) is 7.87. The summed E-state index contributed by atoms with van der Waals surface area (Å²) in [4.78, 5) is 0. The molecule has 0 aliphatic heterocycles. The van der Waals surface area contributed by atoms with E-state index in [0.29, 0.717) is 4.34 Å². The van der Waals surface area contributed by atoms with Crippen molar-refractivity contribution in [2.45, 2.75) is 31.8 Å². The summed E-state index contributed by atoms with van der Waals surface area (Å²) in [6.07, 6.45) is 6.20. The molecule has 1 aliphatic rings. The van der Waals surface area contributed by atoms with Crippen LogP contribution in [0.4, 0.5) is 0 Å². The highest BCUT2D eigenvalue weighted by molar-refractivity contribution is 7.14. The number of aliphatic hydroxyl groups excluding tert-OH is 1. The van der Waals surface area contributed by atoms with Crippen molar-refractivity contribution in [2.24, 2.45) is 0 Å². The van der Waals surface area contributed by atoms with E-state index in [0.717, 1.165) is 24.0 Å². The van der Waals surface area contributed by atoms with Gasteiger partial charge in [0, 0.05) is 5.56 Å². The van der Waals surface area contributed by atoms with Gasteiger partial charge in [-0.1, -0.05) is 17.7 Å². The quantitative estimate of drug-likeness (QED) is 0.761. The molecule has 1 heterocycles. The molecule has 0 saturated heterocycles. The fourth-order valence-corrected chi connectivity index (χ4v) is 2.78. The van der Waals surface area contributed by atoms with Gasteiger partial charge in [0.1, 0.15) is 6.10 Å². The first-order valence-corrected chi connectivity index (χ1v) is 6.14. The monoisotopic (exact) mass is 228 g/mol. The molecule has 0 amide bonds. The molecule has 1 atom stereocenters. The van der Waals surface area contributed by atoms with Crippen LogP contribution >= 0.6 is 22.9 Å². The van der Waals surface area contributed by atoms with Gasteiger partial charge >= 0.3 is 0 Å². The van der Waals surface area contributed by atoms with Crippen LogP contribution in [0.1, 0.15) is 37.4 Å². The van der Waals surface area contributed by atoms with E-state index in [2.05, 4.69) is 6.08 Å². The van der Waals surface area contributed by atoms with Crippen molar-refractivity contribution in [1.29, 1.82) is 0 Å². The first-order chi connectivity index (χ1) is 6.79. The van der Waals surface area contributed by atoms with Gasteiger partial charge in [-0.05, 0) is 42.7 Å². The van der Waals surface area contributed by atoms with Crippen LogP contribution in [0, 0.1) is 0 Å². The van der Waals surface area contributed by atoms with Gasteiger partial charge in [0.2, 0.25) is 0 Å². The van der Waals surface area contributed by atoms with Gasteiger partial charge in [-0.25, -0.2) is 0 Å². The third-order valence-corrected chi connectivity index (χ3v) is 3.82. The molecular weight excluding hydrogens is 216 g/mol. The Labute approximate surface area is 93.0 Å². The summed E-state index contributed by atoms with van der Waals surface area (Å²) in [5.74, 6) is 0. The van der Waals surface area contributed by atoms with Gasteiger partial charge in [-0.2, -0.15) is 0 Å². The number of halogens is 1. The van der Waals surface area contributed by atoms with Crippen LogP contribution in [-0.4, -0.2) is 5.11 Å². The Morgan fingerprint density at radius 1 is 1.43 bits per heavy atom. The minimum absolute atomic E-state index is 0.478. The smallest absolute Gasteiger partial charge is 0.102 e. The standard InChI is InChI=1S/C11H13ClOS/c12-11-9(6-7-14-11)10(13)8-4-2-1-3-5-8/h4,6-7,10,13H,1-3,5H2. The van der Waals surface area contributed by atoms with Crippen LogP contribution in [0.2, 0.25) is 4.34 Å². The van der Waals surface area contributed by atoms with E-state index in [4.69, 9.17) is 11.6 Å². The van der Waals surface area contributed by atoms with Gasteiger partial charge in [-0.15, -0.1) is 11.3 Å². The lowest BCUT2D eigenvalue weighted by molar-refractivity contribution is 0.209. The van der Waals surface area contributed by atoms with Crippen LogP contribution < -0.4 is 0 Å². The topological polar surface area (TPSA) is 20.2 Å². The van der Waals surface area contributed by atoms with E-state index in [1.807, 2.05) is 11.4 Å². The molecule has 2 rings (SSSR count). The van der Waals surface area contributed by atoms with Gasteiger partial charge in [0.05, 0.1) is 4.34 Å². The molecule has 0 aromatic carbocycles. The zero-order valence-corrected chi connectivity index (χ0v) is 9.44. The molecular formula is C11H13ClOS. The average Bonchev–Trinajstić information content (AvgIpc) is 2.65. The summed E-state index contributed by atoms with van der Waals surface area (Å²) in [5, 5.41) is 12.0. The van der Waals surface area contributed by atoms with E-state index < -0.39 is 6.10 Å². The molecule has 0 radical (unpaired) electrons. The normalized spacial score (nSPS) is 19.1. The molecule has 1 aliphatic carbocycles. The second-order valence-corrected chi connectivity index (χ2v) is 5.10. The molecule has 1 unspecified atom stereocenters. The lowest BCUT2D eigenvalue weighted by Crippen LogP contribution is -2.04. The first-order valence-electron chi connectivity index (χ1n) is 4.89. The van der Waals surface area contributed by atoms with Crippen molar-refractivity contribution in [1.82, 2.24) is 0 Å². The van der Waals surface area contributed by atoms with E-state index in [1.54, 1.807) is 0 Å². The van der Waals surface area contributed by atoms with E-state index in [9.17, 15) is 5.11 Å². The third kappa shape index (κ3) is 2.02. The van der Waals surface area contributed by atoms with Gasteiger partial charge in [0.15, 0.2) is 0 Å². The summed E-state index contributed by atoms with van der Waals surface area (Å²) < 4.78 is 0.712. The first kappa shape index (κ1) is 10.2. The van der Waals surface area contributed by atoms with Crippen LogP contribution in [-0.2, 0) is 0 Å². The van der Waals surface area contributed by atoms with Crippen molar-refractivity contribution in [3.63, 3.8) is 0 Å². The van der Waals surface area contributed by atoms with Crippen LogP contribution in [0.25, 0.3) is 0 Å². The second kappa shape index (κ2) is 4.47. The molecule has 1 N–H and O–H groups in total. The fourth-order valence-electron chi connectivity index (χ4n) is 1.81. The average molecular weight is 229 g/mol. The maximum Gasteiger partial charge on any atom is 0.102 e. The number of thiophene rings is 1. The molecule has 76 valence electrons. The maximum absolute atomic E-state index is 10.1. The summed E-state index contributed by atoms with van der Waals surface area (Å²) in [5.41, 5.74) is 2.00. The van der Waals surface area contributed by atoms with Crippen molar-refractivity contribution < 1.29 is 5.11 Å². The molecule has 1 nitrogen and oxygen atoms in total. The van der Waals surface area contributed by atoms with Gasteiger partial charge in [-0.3, -0.25) is 0 Å². The number of rotatable bonds is 2. The van der Waals surface area contributed by atoms with Crippen LogP contribution in [0.15, 0.2) is 23.1 Å². The van der Waals surface area contributed by atoms with Gasteiger partial charge < -0.3 is 5.11 Å². The van der Waals surface area contributed by atoms with Crippen LogP contribution in [0.5, 0.6) is 0 Å². The molecule has 1 aromatic rings. The predicted molar refractivity (Wildman–Crippen MR) is 60.8 cm³/mol. The Bertz CT molecular complexity index is 343. The van der Waals surface area contributed by atoms with E-state index in [-0.39, 0.29) is 0 Å². The number of allylic oxidation sites excluding steroid dienone is 1. The second-order valence-electron chi connectivity index (χ2n) is 3.58. The molecule has 3 heteroatoms. The maximum atomic E-state index is 10.1. The zero-order chi connectivity index (χ0) is 9.97. The minimum Gasteiger partial charge on any atom is -0.384 e. The Balaban J connectivity index is 2.19. The Hall–Kier alpha value is -0.310. The molecule has 0 bridgehead atoms. The SMILES string of the molecule is OC(C1=CCCCC1)c1ccsc1Cl. The summed E-state index contributed by atoms with van der Waals surface area (Å²) in [6.45, 7) is 0. The molecule has 0 fully saturated rings. The largest absolute Gasteiger partial charge is 0.384 e. The molecule has 0 spiro atoms. The number of aliphatic hydroxyl groups is 1. The number of hydrogen-bond acceptors (Lipinski definition) is 2. The van der Waals surface area contributed by atoms with E-state index in [1.165, 1.54) is 24.2 Å². The highest BCUT2D eigenvalue weighted by Gasteiger charge is 2.18. The lowest BCUT2D eigenvalue weighted by Gasteiger charge is -2.18. The molecule has 14 heavy (non-hydrogen) atoms. The van der Waals surface area contributed by atoms with Crippen molar-refractivity contribution in [3.8, 4) is 0 Å². The molecule has 1 aromatic heterocycles. The van der Waals surface area contributed by atoms with Crippen molar-refractivity contribution in [2.75, 3.05) is 0 Å². The summed E-state index contributed by atoms with van der Waals surface area (Å²) >= 11 is 7.46. The Kier molecular flexibility index (Phi) is 3.26. The Morgan fingerprint density at radius 2 is 2.29 bits per heavy atom. The third-order valence-electron chi connectivity index (χ3n) is 2.62. The van der Waals surface area contributed by atoms with Crippen molar-refractivity contribution in [3.05, 3.63) is 33.0 Å². The Morgan fingerprint density at radius 3 is 2.86 bits per heavy atom. The fraction of sp³-hybridized carbons (Fsp3) is 0.455. The highest BCUT2D eigenvalue weighted by atomic mass is 35.5. The highest BCUT2D eigenvalue weighted by Crippen LogP contribution is 2.35. The predicted octanol–water partition coefficient (Wildman–Crippen LogP) is 3.94. The van der Waals surface area contributed by atoms with E-state index >= 15 is 0 Å². The van der Waals surface area contributed by atoms with Gasteiger partial charge in [0.25, 0.3) is 0 Å².